The van der Waals surface area contributed by atoms with E-state index >= 15 is 0 Å². The number of nitrogens with two attached hydrogens (primary N) is 1. The standard InChI is InChI=1S/C29H38BrNO7/c1-3-5-14-35-27(33)29(28(34)36-15-6-4-2)37-25-11-10-20(18-26(25)38-29)16-21(12-13-31)17-24(32)22-8-7-9-23(30)19-22/h7-11,18-19,21,24,32H,3-6,12-17,31H2,1-2H3. The predicted octanol–water partition coefficient (Wildman–Crippen LogP) is 5.23. The summed E-state index contributed by atoms with van der Waals surface area (Å²) in [6.07, 6.45) is 4.18. The van der Waals surface area contributed by atoms with Crippen molar-refractivity contribution < 1.29 is 33.6 Å². The summed E-state index contributed by atoms with van der Waals surface area (Å²) >= 11 is 3.45. The maximum absolute atomic E-state index is 13.0. The van der Waals surface area contributed by atoms with Gasteiger partial charge in [-0.3, -0.25) is 0 Å². The van der Waals surface area contributed by atoms with Crippen molar-refractivity contribution in [2.24, 2.45) is 11.7 Å². The van der Waals surface area contributed by atoms with Crippen LogP contribution >= 0.6 is 15.9 Å². The van der Waals surface area contributed by atoms with Crippen LogP contribution in [0.2, 0.25) is 0 Å². The van der Waals surface area contributed by atoms with Crippen LogP contribution in [0.1, 0.15) is 69.6 Å². The maximum Gasteiger partial charge on any atom is 0.453 e. The fraction of sp³-hybridized carbons (Fsp3) is 0.517. The number of aliphatic hydroxyl groups excluding tert-OH is 1. The van der Waals surface area contributed by atoms with Crippen molar-refractivity contribution in [2.75, 3.05) is 19.8 Å². The van der Waals surface area contributed by atoms with E-state index in [4.69, 9.17) is 24.7 Å². The van der Waals surface area contributed by atoms with Crippen molar-refractivity contribution in [1.82, 2.24) is 0 Å². The van der Waals surface area contributed by atoms with E-state index in [9.17, 15) is 14.7 Å². The van der Waals surface area contributed by atoms with Gasteiger partial charge in [-0.05, 0) is 80.0 Å². The van der Waals surface area contributed by atoms with Crippen molar-refractivity contribution in [3.63, 3.8) is 0 Å². The lowest BCUT2D eigenvalue weighted by molar-refractivity contribution is -0.202. The van der Waals surface area contributed by atoms with Crippen molar-refractivity contribution in [1.29, 1.82) is 0 Å². The highest BCUT2D eigenvalue weighted by Crippen LogP contribution is 2.42. The van der Waals surface area contributed by atoms with Crippen molar-refractivity contribution in [3.05, 3.63) is 58.1 Å². The molecule has 2 aromatic rings. The first-order valence-electron chi connectivity index (χ1n) is 13.3. The average molecular weight is 593 g/mol. The molecule has 208 valence electrons. The number of carbonyl (C=O) groups is 2. The van der Waals surface area contributed by atoms with Gasteiger partial charge in [0, 0.05) is 4.47 Å². The Morgan fingerprint density at radius 1 is 1.00 bits per heavy atom. The molecule has 2 aromatic carbocycles. The number of carbonyl (C=O) groups excluding carboxylic acids is 2. The zero-order valence-corrected chi connectivity index (χ0v) is 23.7. The third kappa shape index (κ3) is 7.71. The lowest BCUT2D eigenvalue weighted by Gasteiger charge is -2.23. The maximum atomic E-state index is 13.0. The number of hydrogen-bond acceptors (Lipinski definition) is 8. The largest absolute Gasteiger partial charge is 0.459 e. The van der Waals surface area contributed by atoms with E-state index in [1.165, 1.54) is 0 Å². The number of hydrogen-bond donors (Lipinski definition) is 2. The van der Waals surface area contributed by atoms with Gasteiger partial charge in [0.15, 0.2) is 11.5 Å². The van der Waals surface area contributed by atoms with Gasteiger partial charge in [0.05, 0.1) is 19.3 Å². The Balaban J connectivity index is 1.76. The van der Waals surface area contributed by atoms with E-state index in [1.807, 2.05) is 44.2 Å². The molecule has 1 aliphatic rings. The molecule has 1 aliphatic heterocycles. The van der Waals surface area contributed by atoms with Crippen LogP contribution in [0.5, 0.6) is 11.5 Å². The van der Waals surface area contributed by atoms with E-state index in [0.717, 1.165) is 34.9 Å². The van der Waals surface area contributed by atoms with Gasteiger partial charge in [-0.15, -0.1) is 0 Å². The minimum atomic E-state index is -2.32. The minimum absolute atomic E-state index is 0.0946. The Hall–Kier alpha value is -2.62. The Kier molecular flexibility index (Phi) is 11.4. The van der Waals surface area contributed by atoms with Gasteiger partial charge in [-0.25, -0.2) is 9.59 Å². The average Bonchev–Trinajstić information content (AvgIpc) is 3.29. The molecule has 3 rings (SSSR count). The van der Waals surface area contributed by atoms with Gasteiger partial charge < -0.3 is 29.8 Å². The van der Waals surface area contributed by atoms with Gasteiger partial charge in [-0.2, -0.15) is 0 Å². The number of esters is 2. The molecule has 0 aromatic heterocycles. The molecule has 38 heavy (non-hydrogen) atoms. The van der Waals surface area contributed by atoms with E-state index in [-0.39, 0.29) is 30.6 Å². The van der Waals surface area contributed by atoms with Gasteiger partial charge in [-0.1, -0.05) is 60.8 Å². The van der Waals surface area contributed by atoms with E-state index in [0.29, 0.717) is 32.2 Å². The number of ether oxygens (including phenoxy) is 4. The van der Waals surface area contributed by atoms with Crippen LogP contribution in [0.4, 0.5) is 0 Å². The molecular weight excluding hydrogens is 554 g/mol. The summed E-state index contributed by atoms with van der Waals surface area (Å²) in [4.78, 5) is 26.0. The van der Waals surface area contributed by atoms with Crippen LogP contribution in [0, 0.1) is 5.92 Å². The Labute approximate surface area is 232 Å². The molecule has 0 spiro atoms. The number of unbranched alkanes of at least 4 members (excludes halogenated alkanes) is 2. The van der Waals surface area contributed by atoms with Crippen molar-refractivity contribution >= 4 is 27.9 Å². The zero-order chi connectivity index (χ0) is 27.5. The molecule has 0 radical (unpaired) electrons. The monoisotopic (exact) mass is 591 g/mol. The third-order valence-electron chi connectivity index (χ3n) is 6.40. The first-order chi connectivity index (χ1) is 18.3. The van der Waals surface area contributed by atoms with Crippen LogP contribution < -0.4 is 15.2 Å². The Morgan fingerprint density at radius 3 is 2.26 bits per heavy atom. The van der Waals surface area contributed by atoms with Gasteiger partial charge in [0.1, 0.15) is 0 Å². The summed E-state index contributed by atoms with van der Waals surface area (Å²) in [5.74, 6) is -3.56. The topological polar surface area (TPSA) is 117 Å². The minimum Gasteiger partial charge on any atom is -0.459 e. The second-order valence-corrected chi connectivity index (χ2v) is 10.5. The quantitative estimate of drug-likeness (QED) is 0.164. The van der Waals surface area contributed by atoms with Gasteiger partial charge in [0.2, 0.25) is 0 Å². The first-order valence-corrected chi connectivity index (χ1v) is 14.1. The fourth-order valence-corrected chi connectivity index (χ4v) is 4.69. The van der Waals surface area contributed by atoms with E-state index < -0.39 is 23.8 Å². The summed E-state index contributed by atoms with van der Waals surface area (Å²) in [5, 5.41) is 10.8. The molecule has 0 aliphatic carbocycles. The SMILES string of the molecule is CCCCOC(=O)C1(C(=O)OCCCC)Oc2ccc(CC(CCN)CC(O)c3cccc(Br)c3)cc2O1. The molecule has 0 saturated heterocycles. The molecular formula is C29H38BrNO7. The van der Waals surface area contributed by atoms with Crippen LogP contribution in [0.25, 0.3) is 0 Å². The molecule has 1 heterocycles. The molecule has 3 N–H and O–H groups in total. The lowest BCUT2D eigenvalue weighted by atomic mass is 9.89. The molecule has 2 atom stereocenters. The molecule has 9 heteroatoms. The molecule has 0 amide bonds. The number of rotatable bonds is 15. The van der Waals surface area contributed by atoms with Crippen molar-refractivity contribution in [3.8, 4) is 11.5 Å². The summed E-state index contributed by atoms with van der Waals surface area (Å²) < 4.78 is 23.2. The van der Waals surface area contributed by atoms with Crippen LogP contribution in [0.3, 0.4) is 0 Å². The summed E-state index contributed by atoms with van der Waals surface area (Å²) in [6.45, 7) is 4.72. The van der Waals surface area contributed by atoms with E-state index in [2.05, 4.69) is 15.9 Å². The highest BCUT2D eigenvalue weighted by atomic mass is 79.9. The zero-order valence-electron chi connectivity index (χ0n) is 22.1. The predicted molar refractivity (Wildman–Crippen MR) is 147 cm³/mol. The van der Waals surface area contributed by atoms with Crippen LogP contribution in [-0.2, 0) is 25.5 Å². The summed E-state index contributed by atoms with van der Waals surface area (Å²) in [5.41, 5.74) is 7.62. The third-order valence-corrected chi connectivity index (χ3v) is 6.90. The molecule has 0 fully saturated rings. The second-order valence-electron chi connectivity index (χ2n) is 9.53. The number of halogens is 1. The molecule has 0 bridgehead atoms. The van der Waals surface area contributed by atoms with Gasteiger partial charge >= 0.3 is 17.7 Å². The number of aliphatic hydroxyl groups is 1. The van der Waals surface area contributed by atoms with Crippen LogP contribution in [-0.4, -0.2) is 42.6 Å². The smallest absolute Gasteiger partial charge is 0.453 e. The normalized spacial score (nSPS) is 15.1. The second kappa shape index (κ2) is 14.5. The highest BCUT2D eigenvalue weighted by molar-refractivity contribution is 9.10. The summed E-state index contributed by atoms with van der Waals surface area (Å²) in [6, 6.07) is 12.9. The highest BCUT2D eigenvalue weighted by Gasteiger charge is 2.59. The molecule has 0 saturated carbocycles. The molecule has 8 nitrogen and oxygen atoms in total. The number of fused-ring (bicyclic) bond motifs is 1. The first kappa shape index (κ1) is 29.9. The Bertz CT molecular complexity index is 1050. The summed E-state index contributed by atoms with van der Waals surface area (Å²) in [7, 11) is 0. The van der Waals surface area contributed by atoms with Gasteiger partial charge in [0.25, 0.3) is 0 Å². The lowest BCUT2D eigenvalue weighted by Crippen LogP contribution is -2.56. The fourth-order valence-electron chi connectivity index (χ4n) is 4.27. The number of benzene rings is 2. The Morgan fingerprint density at radius 2 is 1.66 bits per heavy atom. The molecule has 2 unspecified atom stereocenters. The van der Waals surface area contributed by atoms with E-state index in [1.54, 1.807) is 12.1 Å². The van der Waals surface area contributed by atoms with Crippen molar-refractivity contribution in [2.45, 2.75) is 70.7 Å². The van der Waals surface area contributed by atoms with Crippen LogP contribution in [0.15, 0.2) is 46.9 Å².